The molecule has 296 valence electrons. The van der Waals surface area contributed by atoms with Crippen LogP contribution in [-0.2, 0) is 7.05 Å². The second kappa shape index (κ2) is 24.5. The van der Waals surface area contributed by atoms with Crippen LogP contribution in [0, 0.1) is 0 Å². The van der Waals surface area contributed by atoms with Crippen molar-refractivity contribution in [2.45, 2.75) is 36.0 Å². The number of aromatic nitrogens is 1. The maximum absolute atomic E-state index is 3.94. The number of thiazole rings is 1. The van der Waals surface area contributed by atoms with Crippen molar-refractivity contribution in [3.8, 4) is 0 Å². The number of para-hydroxylation sites is 3. The number of hydrogen-bond donors (Lipinski definition) is 0. The number of aryl methyl sites for hydroxylation is 1. The fourth-order valence-corrected chi connectivity index (χ4v) is 9.69. The Hall–Kier alpha value is -0.350. The molecule has 0 amide bonds. The van der Waals surface area contributed by atoms with Crippen molar-refractivity contribution in [2.75, 3.05) is 77.8 Å². The van der Waals surface area contributed by atoms with Crippen molar-refractivity contribution in [1.82, 2.24) is 0 Å². The molecule has 5 nitrogen and oxygen atoms in total. The Morgan fingerprint density at radius 1 is 0.722 bits per heavy atom. The molecule has 0 N–H and O–H groups in total. The van der Waals surface area contributed by atoms with Gasteiger partial charge in [0, 0.05) is 48.4 Å². The van der Waals surface area contributed by atoms with Crippen molar-refractivity contribution in [3.63, 3.8) is 0 Å². The third-order valence-corrected chi connectivity index (χ3v) is 12.8. The van der Waals surface area contributed by atoms with Gasteiger partial charge in [0.2, 0.25) is 5.52 Å². The molecule has 12 heteroatoms. The maximum atomic E-state index is 3.94. The fourth-order valence-electron chi connectivity index (χ4n) is 6.58. The molecule has 0 unspecified atom stereocenters. The van der Waals surface area contributed by atoms with Crippen molar-refractivity contribution < 1.29 is 85.5 Å². The van der Waals surface area contributed by atoms with Crippen molar-refractivity contribution in [2.24, 2.45) is 7.05 Å². The van der Waals surface area contributed by atoms with Gasteiger partial charge < -0.3 is 90.7 Å². The lowest BCUT2D eigenvalue weighted by atomic mass is 10.2. The molecule has 3 aromatic carbocycles. The van der Waals surface area contributed by atoms with Crippen LogP contribution in [0.5, 0.6) is 0 Å². The molecule has 0 saturated carbocycles. The molecule has 2 aliphatic heterocycles. The zero-order valence-electron chi connectivity index (χ0n) is 32.7. The van der Waals surface area contributed by atoms with Crippen LogP contribution in [0.3, 0.4) is 0 Å². The maximum Gasteiger partial charge on any atom is 0.262 e. The summed E-state index contributed by atoms with van der Waals surface area (Å²) < 4.78 is 5.81. The highest BCUT2D eigenvalue weighted by Crippen LogP contribution is 2.46. The monoisotopic (exact) mass is 1230 g/mol. The minimum absolute atomic E-state index is 0. The van der Waals surface area contributed by atoms with Crippen LogP contribution >= 0.6 is 58.8 Å². The molecule has 0 atom stereocenters. The highest BCUT2D eigenvalue weighted by Gasteiger charge is 2.26. The van der Waals surface area contributed by atoms with E-state index in [-0.39, 0.29) is 95.9 Å². The first-order valence-electron chi connectivity index (χ1n) is 17.8. The Bertz CT molecular complexity index is 1870. The summed E-state index contributed by atoms with van der Waals surface area (Å²) in [6, 6.07) is 25.7. The van der Waals surface area contributed by atoms with Crippen molar-refractivity contribution >= 4 is 86.5 Å². The Kier molecular flexibility index (Phi) is 23.5. The molecule has 0 fully saturated rings. The Balaban J connectivity index is 0.000000831. The number of benzene rings is 3. The Morgan fingerprint density at radius 3 is 1.94 bits per heavy atom. The number of hydrogen-bond acceptors (Lipinski definition) is 5. The predicted molar refractivity (Wildman–Crippen MR) is 237 cm³/mol. The first-order valence-corrected chi connectivity index (χ1v) is 20.2. The molecule has 2 aliphatic rings. The highest BCUT2D eigenvalue weighted by atomic mass is 127. The van der Waals surface area contributed by atoms with E-state index in [1.165, 1.54) is 86.9 Å². The molecule has 1 aromatic heterocycles. The van der Waals surface area contributed by atoms with E-state index >= 15 is 0 Å². The van der Waals surface area contributed by atoms with E-state index in [4.69, 9.17) is 0 Å². The standard InChI is InChI=1S/C33H47N4S2.C9H9NS.4HI/c1-7-24-36(3,4)26-16-27-37(5,6)25-15-23-35-29-18-12-14-20-31(29)39-33(35)22-10-8-9-21-32-34(2)28-17-11-13-19-30(28)38-32;1-7-10(2)8-5-3-4-6-9(8)11-7;;;;/h8-14,17-22H,7,15-16,23-27H2,1-6H3;3-6H,1H2,2H3;4*1H/q+3;;;;;/p-3. The number of halogens is 4. The van der Waals surface area contributed by atoms with E-state index in [0.717, 1.165) is 20.5 Å². The third kappa shape index (κ3) is 14.5. The van der Waals surface area contributed by atoms with Gasteiger partial charge in [-0.3, -0.25) is 0 Å². The quantitative estimate of drug-likeness (QED) is 0.0870. The second-order valence-electron chi connectivity index (χ2n) is 14.4. The van der Waals surface area contributed by atoms with E-state index in [1.807, 2.05) is 30.1 Å². The summed E-state index contributed by atoms with van der Waals surface area (Å²) in [4.78, 5) is 7.29. The van der Waals surface area contributed by atoms with Gasteiger partial charge in [0.15, 0.2) is 0 Å². The van der Waals surface area contributed by atoms with Gasteiger partial charge in [-0.1, -0.05) is 103 Å². The van der Waals surface area contributed by atoms with Crippen LogP contribution < -0.4 is 86.3 Å². The zero-order valence-corrected chi connectivity index (χ0v) is 43.9. The SMILES string of the molecule is C=C1Sc2ccccc2N1C.CCC[N+](C)(C)CCC[N+](C)(C)CCCN1C(=CC=CC=Cc2sc3ccccc3[n+]2C)Sc2ccccc21.I.[I-].[I-].[I-]. The van der Waals surface area contributed by atoms with Gasteiger partial charge in [-0.2, -0.15) is 4.57 Å². The summed E-state index contributed by atoms with van der Waals surface area (Å²) in [5.74, 6) is 0. The van der Waals surface area contributed by atoms with Crippen molar-refractivity contribution in [1.29, 1.82) is 0 Å². The van der Waals surface area contributed by atoms with Crippen LogP contribution in [0.1, 0.15) is 31.2 Å². The largest absolute Gasteiger partial charge is 1.00 e. The Labute approximate surface area is 406 Å². The number of quaternary nitrogens is 2. The normalized spacial score (nSPS) is 14.3. The number of anilines is 2. The first kappa shape index (κ1) is 51.7. The molecule has 0 aliphatic carbocycles. The number of rotatable bonds is 13. The second-order valence-corrected chi connectivity index (χ2v) is 17.7. The summed E-state index contributed by atoms with van der Waals surface area (Å²) >= 11 is 5.45. The molecule has 0 radical (unpaired) electrons. The average Bonchev–Trinajstić information content (AvgIpc) is 3.71. The van der Waals surface area contributed by atoms with Gasteiger partial charge in [0.05, 0.1) is 75.8 Å². The lowest BCUT2D eigenvalue weighted by Crippen LogP contribution is -3.00. The van der Waals surface area contributed by atoms with Crippen molar-refractivity contribution in [3.05, 3.63) is 119 Å². The van der Waals surface area contributed by atoms with Crippen LogP contribution in [-0.4, -0.2) is 76.9 Å². The number of nitrogens with zero attached hydrogens (tertiary/aromatic N) is 5. The van der Waals surface area contributed by atoms with E-state index < -0.39 is 0 Å². The number of fused-ring (bicyclic) bond motifs is 3. The minimum Gasteiger partial charge on any atom is -1.00 e. The molecule has 0 saturated heterocycles. The summed E-state index contributed by atoms with van der Waals surface area (Å²) in [7, 11) is 13.7. The molecule has 54 heavy (non-hydrogen) atoms. The minimum atomic E-state index is 0. The molecule has 3 heterocycles. The number of thioether (sulfide) groups is 2. The van der Waals surface area contributed by atoms with Gasteiger partial charge in [-0.25, -0.2) is 0 Å². The molecule has 6 rings (SSSR count). The molecule has 0 spiro atoms. The molecular formula is C42H57I4N5S3. The Morgan fingerprint density at radius 2 is 1.30 bits per heavy atom. The van der Waals surface area contributed by atoms with Crippen LogP contribution in [0.4, 0.5) is 11.4 Å². The lowest BCUT2D eigenvalue weighted by Gasteiger charge is -2.34. The van der Waals surface area contributed by atoms with Gasteiger partial charge in [0.25, 0.3) is 5.01 Å². The smallest absolute Gasteiger partial charge is 0.262 e. The lowest BCUT2D eigenvalue weighted by molar-refractivity contribution is -0.909. The van der Waals surface area contributed by atoms with Gasteiger partial charge >= 0.3 is 0 Å². The summed E-state index contributed by atoms with van der Waals surface area (Å²) in [6.45, 7) is 12.2. The molecule has 4 aromatic rings. The summed E-state index contributed by atoms with van der Waals surface area (Å²) in [6.07, 6.45) is 14.7. The van der Waals surface area contributed by atoms with Crippen LogP contribution in [0.25, 0.3) is 16.3 Å². The first-order chi connectivity index (χ1) is 24.0. The van der Waals surface area contributed by atoms with Gasteiger partial charge in [0.1, 0.15) is 11.7 Å². The van der Waals surface area contributed by atoms with E-state index in [0.29, 0.717) is 0 Å². The van der Waals surface area contributed by atoms with Crippen LogP contribution in [0.15, 0.2) is 124 Å². The topological polar surface area (TPSA) is 10.4 Å². The van der Waals surface area contributed by atoms with Gasteiger partial charge in [-0.15, -0.1) is 24.0 Å². The van der Waals surface area contributed by atoms with E-state index in [2.05, 4.69) is 166 Å². The summed E-state index contributed by atoms with van der Waals surface area (Å²) in [5, 5.41) is 3.68. The fraction of sp³-hybridized carbons (Fsp3) is 0.357. The molecule has 0 bridgehead atoms. The van der Waals surface area contributed by atoms with Gasteiger partial charge in [-0.05, 0) is 42.8 Å². The summed E-state index contributed by atoms with van der Waals surface area (Å²) in [5.41, 5.74) is 3.90. The predicted octanol–water partition coefficient (Wildman–Crippen LogP) is 1.42. The third-order valence-electron chi connectivity index (χ3n) is 9.44. The van der Waals surface area contributed by atoms with E-state index in [1.54, 1.807) is 11.8 Å². The van der Waals surface area contributed by atoms with Crippen LogP contribution in [0.2, 0.25) is 0 Å². The average molecular weight is 1240 g/mol. The molecular weight excluding hydrogens is 1180 g/mol. The zero-order chi connectivity index (χ0) is 35.7. The number of allylic oxidation sites excluding steroid dienone is 4. The highest BCUT2D eigenvalue weighted by molar-refractivity contribution is 14.0. The van der Waals surface area contributed by atoms with E-state index in [9.17, 15) is 0 Å².